The first-order valence-corrected chi connectivity index (χ1v) is 10.8. The summed E-state index contributed by atoms with van der Waals surface area (Å²) >= 11 is 7.59. The highest BCUT2D eigenvalue weighted by Gasteiger charge is 2.40. The highest BCUT2D eigenvalue weighted by Crippen LogP contribution is 2.42. The molecule has 150 valence electrons. The Morgan fingerprint density at radius 3 is 2.13 bits per heavy atom. The number of hydrogen-bond donors (Lipinski definition) is 0. The molecule has 1 aliphatic rings. The first-order chi connectivity index (χ1) is 14.4. The Kier molecular flexibility index (Phi) is 5.54. The summed E-state index contributed by atoms with van der Waals surface area (Å²) in [4.78, 5) is 29.5. The fourth-order valence-electron chi connectivity index (χ4n) is 3.32. The van der Waals surface area contributed by atoms with E-state index in [1.165, 1.54) is 16.7 Å². The van der Waals surface area contributed by atoms with Crippen LogP contribution in [0.25, 0.3) is 5.57 Å². The van der Waals surface area contributed by atoms with Gasteiger partial charge in [-0.15, -0.1) is 0 Å². The average Bonchev–Trinajstić information content (AvgIpc) is 2.97. The highest BCUT2D eigenvalue weighted by atomic mass is 35.5. The van der Waals surface area contributed by atoms with Crippen LogP contribution in [0.15, 0.2) is 76.5 Å². The van der Waals surface area contributed by atoms with Gasteiger partial charge in [0.05, 0.1) is 16.2 Å². The van der Waals surface area contributed by atoms with E-state index < -0.39 is 0 Å². The van der Waals surface area contributed by atoms with Crippen LogP contribution in [0.4, 0.5) is 5.69 Å². The summed E-state index contributed by atoms with van der Waals surface area (Å²) in [5.41, 5.74) is 4.74. The van der Waals surface area contributed by atoms with E-state index in [1.807, 2.05) is 75.4 Å². The second-order valence-electron chi connectivity index (χ2n) is 7.30. The van der Waals surface area contributed by atoms with Gasteiger partial charge in [0.25, 0.3) is 11.8 Å². The number of benzene rings is 3. The summed E-state index contributed by atoms with van der Waals surface area (Å²) in [6.45, 7) is 5.91. The van der Waals surface area contributed by atoms with E-state index in [0.29, 0.717) is 21.2 Å². The molecule has 0 aromatic heterocycles. The monoisotopic (exact) mass is 433 g/mol. The molecule has 0 radical (unpaired) electrons. The number of hydrogen-bond acceptors (Lipinski definition) is 3. The maximum Gasteiger partial charge on any atom is 0.272 e. The van der Waals surface area contributed by atoms with Gasteiger partial charge in [-0.2, -0.15) is 0 Å². The highest BCUT2D eigenvalue weighted by molar-refractivity contribution is 8.04. The molecule has 3 aromatic rings. The summed E-state index contributed by atoms with van der Waals surface area (Å²) < 4.78 is 0. The summed E-state index contributed by atoms with van der Waals surface area (Å²) in [5, 5.41) is 0.519. The van der Waals surface area contributed by atoms with Crippen molar-refractivity contribution in [2.24, 2.45) is 0 Å². The number of anilines is 1. The molecule has 3 aromatic carbocycles. The van der Waals surface area contributed by atoms with Crippen LogP contribution in [0.1, 0.15) is 22.3 Å². The van der Waals surface area contributed by atoms with Crippen molar-refractivity contribution in [1.82, 2.24) is 0 Å². The van der Waals surface area contributed by atoms with E-state index in [9.17, 15) is 9.59 Å². The normalized spacial score (nSPS) is 14.1. The summed E-state index contributed by atoms with van der Waals surface area (Å²) in [6, 6.07) is 20.7. The number of carbonyl (C=O) groups is 2. The lowest BCUT2D eigenvalue weighted by Gasteiger charge is -2.16. The lowest BCUT2D eigenvalue weighted by Crippen LogP contribution is -2.31. The van der Waals surface area contributed by atoms with Crippen molar-refractivity contribution < 1.29 is 9.59 Å². The minimum atomic E-state index is -0.332. The van der Waals surface area contributed by atoms with Crippen LogP contribution in [-0.2, 0) is 9.59 Å². The number of aryl methyl sites for hydroxylation is 3. The van der Waals surface area contributed by atoms with Gasteiger partial charge in [0.2, 0.25) is 0 Å². The van der Waals surface area contributed by atoms with Crippen molar-refractivity contribution >= 4 is 46.4 Å². The van der Waals surface area contributed by atoms with E-state index in [0.717, 1.165) is 27.1 Å². The van der Waals surface area contributed by atoms with Crippen LogP contribution in [0.2, 0.25) is 5.02 Å². The number of carbonyl (C=O) groups excluding carboxylic acids is 2. The van der Waals surface area contributed by atoms with Gasteiger partial charge in [0.15, 0.2) is 0 Å². The second kappa shape index (κ2) is 8.13. The molecule has 2 amide bonds. The molecule has 0 bridgehead atoms. The minimum Gasteiger partial charge on any atom is -0.268 e. The number of amides is 2. The van der Waals surface area contributed by atoms with Crippen LogP contribution in [0.3, 0.4) is 0 Å². The molecule has 0 saturated carbocycles. The van der Waals surface area contributed by atoms with Gasteiger partial charge >= 0.3 is 0 Å². The Hall–Kier alpha value is -2.82. The van der Waals surface area contributed by atoms with E-state index in [1.54, 1.807) is 12.1 Å². The van der Waals surface area contributed by atoms with Crippen molar-refractivity contribution in [2.75, 3.05) is 4.90 Å². The molecule has 0 unspecified atom stereocenters. The molecule has 0 aliphatic carbocycles. The molecule has 0 fully saturated rings. The summed E-state index contributed by atoms with van der Waals surface area (Å²) in [7, 11) is 0. The van der Waals surface area contributed by atoms with Gasteiger partial charge in [0, 0.05) is 9.92 Å². The Morgan fingerprint density at radius 2 is 1.47 bits per heavy atom. The molecule has 3 nitrogen and oxygen atoms in total. The molecule has 30 heavy (non-hydrogen) atoms. The van der Waals surface area contributed by atoms with Crippen molar-refractivity contribution in [3.8, 4) is 0 Å². The Labute approximate surface area is 185 Å². The van der Waals surface area contributed by atoms with Gasteiger partial charge in [0.1, 0.15) is 0 Å². The van der Waals surface area contributed by atoms with Gasteiger partial charge in [-0.1, -0.05) is 65.8 Å². The lowest BCUT2D eigenvalue weighted by atomic mass is 10.0. The van der Waals surface area contributed by atoms with E-state index in [2.05, 4.69) is 0 Å². The number of rotatable bonds is 4. The average molecular weight is 434 g/mol. The number of nitrogens with zero attached hydrogens (tertiary/aromatic N) is 1. The lowest BCUT2D eigenvalue weighted by molar-refractivity contribution is -0.119. The molecule has 0 spiro atoms. The quantitative estimate of drug-likeness (QED) is 0.450. The maximum absolute atomic E-state index is 13.5. The van der Waals surface area contributed by atoms with Crippen LogP contribution >= 0.6 is 23.4 Å². The van der Waals surface area contributed by atoms with E-state index in [-0.39, 0.29) is 11.8 Å². The Balaban J connectivity index is 1.85. The van der Waals surface area contributed by atoms with Crippen molar-refractivity contribution in [3.05, 3.63) is 98.9 Å². The maximum atomic E-state index is 13.5. The predicted molar refractivity (Wildman–Crippen MR) is 124 cm³/mol. The number of halogens is 1. The first kappa shape index (κ1) is 20.5. The third-order valence-electron chi connectivity index (χ3n) is 5.21. The van der Waals surface area contributed by atoms with Gasteiger partial charge < -0.3 is 0 Å². The first-order valence-electron chi connectivity index (χ1n) is 9.56. The van der Waals surface area contributed by atoms with Crippen molar-refractivity contribution in [2.45, 2.75) is 25.7 Å². The molecular weight excluding hydrogens is 414 g/mol. The van der Waals surface area contributed by atoms with Gasteiger partial charge in [-0.05, 0) is 67.3 Å². The van der Waals surface area contributed by atoms with Crippen molar-refractivity contribution in [3.63, 3.8) is 0 Å². The largest absolute Gasteiger partial charge is 0.272 e. The zero-order valence-corrected chi connectivity index (χ0v) is 18.5. The molecule has 1 heterocycles. The number of thioether (sulfide) groups is 1. The molecule has 4 rings (SSSR count). The standard InChI is InChI=1S/C25H20ClNO2S/c1-15-9-11-18(13-17(15)3)22-23(30-20-7-5-4-6-8-20)25(29)27(24(22)28)19-12-10-16(2)21(26)14-19/h4-14H,1-3H3. The predicted octanol–water partition coefficient (Wildman–Crippen LogP) is 6.34. The molecule has 0 atom stereocenters. The topological polar surface area (TPSA) is 37.4 Å². The van der Waals surface area contributed by atoms with Crippen molar-refractivity contribution in [1.29, 1.82) is 0 Å². The molecule has 0 saturated heterocycles. The second-order valence-corrected chi connectivity index (χ2v) is 8.79. The van der Waals surface area contributed by atoms with Gasteiger partial charge in [-0.3, -0.25) is 9.59 Å². The van der Waals surface area contributed by atoms with Crippen LogP contribution < -0.4 is 4.90 Å². The summed E-state index contributed by atoms with van der Waals surface area (Å²) in [6.07, 6.45) is 0. The van der Waals surface area contributed by atoms with Crippen LogP contribution in [-0.4, -0.2) is 11.8 Å². The van der Waals surface area contributed by atoms with Crippen LogP contribution in [0.5, 0.6) is 0 Å². The third-order valence-corrected chi connectivity index (χ3v) is 6.71. The molecule has 1 aliphatic heterocycles. The van der Waals surface area contributed by atoms with Crippen LogP contribution in [0, 0.1) is 20.8 Å². The SMILES string of the molecule is Cc1ccc(C2=C(Sc3ccccc3)C(=O)N(c3ccc(C)c(Cl)c3)C2=O)cc1C. The summed E-state index contributed by atoms with van der Waals surface area (Å²) in [5.74, 6) is -0.663. The zero-order chi connectivity index (χ0) is 21.4. The van der Waals surface area contributed by atoms with Gasteiger partial charge in [-0.25, -0.2) is 4.90 Å². The van der Waals surface area contributed by atoms with E-state index >= 15 is 0 Å². The molecule has 5 heteroatoms. The van der Waals surface area contributed by atoms with E-state index in [4.69, 9.17) is 11.6 Å². The zero-order valence-electron chi connectivity index (χ0n) is 16.9. The third kappa shape index (κ3) is 3.69. The minimum absolute atomic E-state index is 0.331. The Bertz CT molecular complexity index is 1200. The fourth-order valence-corrected chi connectivity index (χ4v) is 4.51. The fraction of sp³-hybridized carbons (Fsp3) is 0.120. The number of imide groups is 1. The smallest absolute Gasteiger partial charge is 0.268 e. The Morgan fingerprint density at radius 1 is 0.767 bits per heavy atom. The molecular formula is C25H20ClNO2S. The molecule has 0 N–H and O–H groups in total.